The number of rotatable bonds is 4. The zero-order valence-corrected chi connectivity index (χ0v) is 28.2. The number of nitrogens with two attached hydrogens (primary N) is 1. The lowest BCUT2D eigenvalue weighted by molar-refractivity contribution is -0.135. The second-order valence-corrected chi connectivity index (χ2v) is 13.3. The molecular formula is C33H42N8O6S. The van der Waals surface area contributed by atoms with Gasteiger partial charge >= 0.3 is 6.03 Å². The Morgan fingerprint density at radius 3 is 2.54 bits per heavy atom. The summed E-state index contributed by atoms with van der Waals surface area (Å²) < 4.78 is 5.99. The molecular weight excluding hydrogens is 636 g/mol. The number of nitrogens with one attached hydrogen (secondary N) is 3. The predicted molar refractivity (Wildman–Crippen MR) is 177 cm³/mol. The fourth-order valence-electron chi connectivity index (χ4n) is 6.01. The van der Waals surface area contributed by atoms with Gasteiger partial charge in [-0.05, 0) is 37.7 Å². The lowest BCUT2D eigenvalue weighted by Crippen LogP contribution is -2.51. The molecule has 2 aromatic heterocycles. The molecule has 48 heavy (non-hydrogen) atoms. The number of likely N-dealkylation sites (tertiary alicyclic amines) is 1. The number of aromatic nitrogens is 2. The van der Waals surface area contributed by atoms with Crippen molar-refractivity contribution in [2.24, 2.45) is 11.7 Å². The van der Waals surface area contributed by atoms with Crippen LogP contribution in [0.25, 0.3) is 0 Å². The molecule has 3 aromatic rings. The van der Waals surface area contributed by atoms with Gasteiger partial charge in [0.15, 0.2) is 5.69 Å². The van der Waals surface area contributed by atoms with Crippen LogP contribution < -0.4 is 21.7 Å². The van der Waals surface area contributed by atoms with Gasteiger partial charge < -0.3 is 35.9 Å². The van der Waals surface area contributed by atoms with Crippen LogP contribution in [0.3, 0.4) is 0 Å². The maximum atomic E-state index is 13.7. The van der Waals surface area contributed by atoms with Crippen LogP contribution in [0.1, 0.15) is 94.8 Å². The third-order valence-corrected chi connectivity index (χ3v) is 9.48. The number of amides is 6. The third-order valence-electron chi connectivity index (χ3n) is 8.55. The van der Waals surface area contributed by atoms with Gasteiger partial charge in [0.25, 0.3) is 11.8 Å². The van der Waals surface area contributed by atoms with Gasteiger partial charge in [-0.15, -0.1) is 11.3 Å². The zero-order valence-electron chi connectivity index (χ0n) is 27.4. The summed E-state index contributed by atoms with van der Waals surface area (Å²) in [6, 6.07) is 7.04. The maximum absolute atomic E-state index is 13.7. The monoisotopic (exact) mass is 678 g/mol. The molecule has 0 radical (unpaired) electrons. The van der Waals surface area contributed by atoms with Crippen molar-refractivity contribution in [3.63, 3.8) is 0 Å². The molecule has 3 atom stereocenters. The number of urea groups is 1. The summed E-state index contributed by atoms with van der Waals surface area (Å²) in [6.45, 7) is 6.42. The number of nitrogens with zero attached hydrogens (tertiary/aromatic N) is 4. The average Bonchev–Trinajstić information content (AvgIpc) is 3.82. The van der Waals surface area contributed by atoms with Crippen LogP contribution in [0.15, 0.2) is 40.1 Å². The van der Waals surface area contributed by atoms with Crippen molar-refractivity contribution in [2.45, 2.75) is 71.0 Å². The first-order valence-corrected chi connectivity index (χ1v) is 17.1. The Kier molecular flexibility index (Phi) is 11.1. The lowest BCUT2D eigenvalue weighted by atomic mass is 10.0. The van der Waals surface area contributed by atoms with E-state index in [9.17, 15) is 24.0 Å². The molecule has 5 N–H and O–H groups in total. The van der Waals surface area contributed by atoms with Gasteiger partial charge in [0.1, 0.15) is 28.5 Å². The van der Waals surface area contributed by atoms with Gasteiger partial charge in [-0.1, -0.05) is 44.2 Å². The van der Waals surface area contributed by atoms with Gasteiger partial charge in [0.05, 0.1) is 6.04 Å². The number of carbonyl (C=O) groups is 5. The molecule has 0 aliphatic carbocycles. The first-order chi connectivity index (χ1) is 23.0. The Bertz CT molecular complexity index is 1640. The van der Waals surface area contributed by atoms with E-state index in [1.54, 1.807) is 17.2 Å². The molecule has 256 valence electrons. The summed E-state index contributed by atoms with van der Waals surface area (Å²) in [5, 5.41) is 11.0. The molecule has 1 saturated heterocycles. The minimum atomic E-state index is -0.695. The third kappa shape index (κ3) is 8.19. The van der Waals surface area contributed by atoms with E-state index >= 15 is 0 Å². The largest absolute Gasteiger partial charge is 0.443 e. The highest BCUT2D eigenvalue weighted by atomic mass is 32.1. The summed E-state index contributed by atoms with van der Waals surface area (Å²) in [4.78, 5) is 77.6. The summed E-state index contributed by atoms with van der Waals surface area (Å²) >= 11 is 1.26. The minimum absolute atomic E-state index is 0.0687. The Morgan fingerprint density at radius 1 is 1.04 bits per heavy atom. The van der Waals surface area contributed by atoms with Crippen molar-refractivity contribution in [3.8, 4) is 0 Å². The summed E-state index contributed by atoms with van der Waals surface area (Å²) in [5.41, 5.74) is 6.77. The SMILES string of the molecule is Cc1oc2nc1C(=O)N[C@@H](C(C)C)c1nc(cs1)C(=O)NCCN(C(=O)[C@@H]1CCCN1C(N)=O)CCCC(=O)N[C@H]2Cc1ccccc1. The van der Waals surface area contributed by atoms with Crippen molar-refractivity contribution in [1.82, 2.24) is 35.7 Å². The maximum Gasteiger partial charge on any atom is 0.315 e. The number of oxazole rings is 1. The first kappa shape index (κ1) is 34.5. The molecule has 0 saturated carbocycles. The highest BCUT2D eigenvalue weighted by Crippen LogP contribution is 2.27. The van der Waals surface area contributed by atoms with Gasteiger partial charge in [-0.25, -0.2) is 14.8 Å². The number of fused-ring (bicyclic) bond motifs is 4. The topological polar surface area (TPSA) is 193 Å². The number of thiazole rings is 1. The number of primary amides is 1. The van der Waals surface area contributed by atoms with E-state index in [-0.39, 0.29) is 61.1 Å². The van der Waals surface area contributed by atoms with Gasteiger partial charge in [0.2, 0.25) is 17.7 Å². The van der Waals surface area contributed by atoms with Crippen molar-refractivity contribution >= 4 is 41.0 Å². The second kappa shape index (κ2) is 15.4. The van der Waals surface area contributed by atoms with Crippen molar-refractivity contribution in [2.75, 3.05) is 26.2 Å². The van der Waals surface area contributed by atoms with E-state index in [0.717, 1.165) is 5.56 Å². The van der Waals surface area contributed by atoms with Crippen molar-refractivity contribution in [1.29, 1.82) is 0 Å². The fourth-order valence-corrected chi connectivity index (χ4v) is 7.03. The fraction of sp³-hybridized carbons (Fsp3) is 0.485. The summed E-state index contributed by atoms with van der Waals surface area (Å²) in [7, 11) is 0. The van der Waals surface area contributed by atoms with Crippen LogP contribution in [0, 0.1) is 12.8 Å². The van der Waals surface area contributed by atoms with E-state index < -0.39 is 36.0 Å². The number of hydrogen-bond donors (Lipinski definition) is 4. The van der Waals surface area contributed by atoms with E-state index in [4.69, 9.17) is 10.2 Å². The standard InChI is InChI=1S/C33H42N8O6S/c1-19(2)26-31-37-23(18-48-31)28(43)35-13-16-40(32(45)24-11-7-15-41(24)33(34)46)14-8-12-25(42)36-22(17-21-9-5-4-6-10-21)30-39-27(20(3)47-30)29(44)38-26/h4-6,9-10,18-19,22,24,26H,7-8,11-17H2,1-3H3,(H2,34,46)(H,35,43)(H,36,42)(H,38,44)/t22-,24-,26-/m0/s1. The Balaban J connectivity index is 1.44. The molecule has 0 spiro atoms. The normalized spacial score (nSPS) is 21.4. The molecule has 4 heterocycles. The minimum Gasteiger partial charge on any atom is -0.443 e. The van der Waals surface area contributed by atoms with E-state index in [1.807, 2.05) is 44.2 Å². The van der Waals surface area contributed by atoms with Crippen LogP contribution in [0.2, 0.25) is 0 Å². The van der Waals surface area contributed by atoms with Gasteiger partial charge in [-0.3, -0.25) is 19.2 Å². The van der Waals surface area contributed by atoms with Crippen molar-refractivity contribution in [3.05, 3.63) is 69.3 Å². The molecule has 14 nitrogen and oxygen atoms in total. The van der Waals surface area contributed by atoms with Crippen LogP contribution in [-0.4, -0.2) is 81.6 Å². The molecule has 4 bridgehead atoms. The van der Waals surface area contributed by atoms with Crippen molar-refractivity contribution < 1.29 is 28.4 Å². The predicted octanol–water partition coefficient (Wildman–Crippen LogP) is 2.86. The molecule has 0 unspecified atom stereocenters. The van der Waals surface area contributed by atoms with Gasteiger partial charge in [0, 0.05) is 44.4 Å². The molecule has 2 aliphatic heterocycles. The number of carbonyl (C=O) groups excluding carboxylic acids is 5. The Labute approximate surface area is 282 Å². The molecule has 6 amide bonds. The van der Waals surface area contributed by atoms with Crippen LogP contribution in [-0.2, 0) is 16.0 Å². The molecule has 1 aromatic carbocycles. The van der Waals surface area contributed by atoms with Gasteiger partial charge in [-0.2, -0.15) is 0 Å². The average molecular weight is 679 g/mol. The smallest absolute Gasteiger partial charge is 0.315 e. The summed E-state index contributed by atoms with van der Waals surface area (Å²) in [6.07, 6.45) is 1.91. The Hall–Kier alpha value is -4.79. The number of aryl methyl sites for hydroxylation is 1. The van der Waals surface area contributed by atoms with E-state index in [1.165, 1.54) is 16.2 Å². The highest BCUT2D eigenvalue weighted by molar-refractivity contribution is 7.09. The highest BCUT2D eigenvalue weighted by Gasteiger charge is 2.36. The molecule has 2 aliphatic rings. The van der Waals surface area contributed by atoms with Crippen LogP contribution in [0.5, 0.6) is 0 Å². The first-order valence-electron chi connectivity index (χ1n) is 16.2. The molecule has 15 heteroatoms. The van der Waals surface area contributed by atoms with Crippen LogP contribution >= 0.6 is 11.3 Å². The quantitative estimate of drug-likeness (QED) is 0.324. The second-order valence-electron chi connectivity index (χ2n) is 12.4. The summed E-state index contributed by atoms with van der Waals surface area (Å²) in [5.74, 6) is -1.01. The van der Waals surface area contributed by atoms with E-state index in [2.05, 4.69) is 25.9 Å². The molecule has 1 fully saturated rings. The van der Waals surface area contributed by atoms with E-state index in [0.29, 0.717) is 43.0 Å². The number of hydrogen-bond acceptors (Lipinski definition) is 9. The zero-order chi connectivity index (χ0) is 34.4. The number of benzene rings is 1. The molecule has 5 rings (SSSR count). The lowest BCUT2D eigenvalue weighted by Gasteiger charge is -2.29. The Morgan fingerprint density at radius 2 is 1.81 bits per heavy atom. The van der Waals surface area contributed by atoms with Crippen LogP contribution in [0.4, 0.5) is 4.79 Å².